The topological polar surface area (TPSA) is 121 Å². The van der Waals surface area contributed by atoms with Gasteiger partial charge in [0.15, 0.2) is 0 Å². The minimum atomic E-state index is -4.03. The highest BCUT2D eigenvalue weighted by atomic mass is 35.5. The molecule has 14 heteroatoms. The van der Waals surface area contributed by atoms with E-state index in [9.17, 15) is 21.6 Å². The van der Waals surface area contributed by atoms with Gasteiger partial charge in [0.05, 0.1) is 22.7 Å². The fourth-order valence-electron chi connectivity index (χ4n) is 4.40. The van der Waals surface area contributed by atoms with E-state index in [0.29, 0.717) is 41.4 Å². The Bertz CT molecular complexity index is 1770. The summed E-state index contributed by atoms with van der Waals surface area (Å²) >= 11 is 15.6. The van der Waals surface area contributed by atoms with Crippen LogP contribution in [0.4, 0.5) is 5.69 Å². The summed E-state index contributed by atoms with van der Waals surface area (Å²) in [5.74, 6) is -0.958. The highest BCUT2D eigenvalue weighted by Crippen LogP contribution is 2.47. The summed E-state index contributed by atoms with van der Waals surface area (Å²) in [7, 11) is -7.75. The number of rotatable bonds is 11. The van der Waals surface area contributed by atoms with Crippen molar-refractivity contribution in [1.29, 1.82) is 0 Å². The number of fused-ring (bicyclic) bond motifs is 2. The smallest absolute Gasteiger partial charge is 0.264 e. The monoisotopic (exact) mass is 674 g/mol. The van der Waals surface area contributed by atoms with E-state index in [0.717, 1.165) is 42.3 Å². The number of carbonyl (C=O) groups excluding carboxylic acids is 1. The lowest BCUT2D eigenvalue weighted by Crippen LogP contribution is -2.38. The maximum Gasteiger partial charge on any atom is 0.264 e. The first kappa shape index (κ1) is 31.9. The fraction of sp³-hybridized carbons (Fsp3) is 0.296. The molecule has 2 aromatic carbocycles. The van der Waals surface area contributed by atoms with E-state index in [2.05, 4.69) is 6.08 Å². The molecule has 0 bridgehead atoms. The number of thiophene rings is 1. The summed E-state index contributed by atoms with van der Waals surface area (Å²) in [5, 5.41) is 2.84. The molecular formula is C27H28Cl2N2O6S4. The average molecular weight is 676 g/mol. The molecule has 2 heterocycles. The van der Waals surface area contributed by atoms with Gasteiger partial charge in [0.1, 0.15) is 6.54 Å². The van der Waals surface area contributed by atoms with Gasteiger partial charge in [0.2, 0.25) is 10.0 Å². The van der Waals surface area contributed by atoms with Crippen LogP contribution >= 0.6 is 46.3 Å². The number of aryl methyl sites for hydroxylation is 1. The first-order valence-electron chi connectivity index (χ1n) is 12.6. The van der Waals surface area contributed by atoms with Crippen LogP contribution in [0.2, 0.25) is 10.0 Å². The predicted molar refractivity (Wildman–Crippen MR) is 170 cm³/mol. The van der Waals surface area contributed by atoms with Crippen molar-refractivity contribution in [2.75, 3.05) is 23.5 Å². The Balaban J connectivity index is 1.71. The molecule has 1 aromatic heterocycles. The van der Waals surface area contributed by atoms with E-state index in [1.165, 1.54) is 11.8 Å². The number of thioether (sulfide) groups is 1. The molecule has 0 atom stereocenters. The maximum atomic E-state index is 12.6. The molecule has 2 N–H and O–H groups in total. The molecule has 3 aromatic rings. The zero-order chi connectivity index (χ0) is 29.9. The van der Waals surface area contributed by atoms with E-state index in [1.807, 2.05) is 42.0 Å². The third-order valence-corrected chi connectivity index (χ3v) is 10.3. The molecule has 0 spiro atoms. The number of hydrogen-bond acceptors (Lipinski definition) is 8. The lowest BCUT2D eigenvalue weighted by Gasteiger charge is -2.20. The van der Waals surface area contributed by atoms with Crippen molar-refractivity contribution in [3.05, 3.63) is 73.6 Å². The second-order valence-corrected chi connectivity index (χ2v) is 15.8. The zero-order valence-electron chi connectivity index (χ0n) is 22.2. The van der Waals surface area contributed by atoms with Gasteiger partial charge in [-0.25, -0.2) is 8.42 Å². The minimum absolute atomic E-state index is 0.212. The van der Waals surface area contributed by atoms with Gasteiger partial charge in [0, 0.05) is 24.5 Å². The van der Waals surface area contributed by atoms with Crippen LogP contribution in [0.5, 0.6) is 0 Å². The number of anilines is 1. The van der Waals surface area contributed by atoms with Crippen LogP contribution in [0.15, 0.2) is 58.0 Å². The van der Waals surface area contributed by atoms with Gasteiger partial charge in [-0.2, -0.15) is 8.42 Å². The number of nitrogens with zero attached hydrogens (tertiary/aromatic N) is 1. The normalized spacial score (nSPS) is 15.1. The van der Waals surface area contributed by atoms with E-state index in [4.69, 9.17) is 27.8 Å². The number of sulfonamides is 1. The average Bonchev–Trinajstić information content (AvgIpc) is 3.36. The number of carbonyl (C=O) groups is 1. The van der Waals surface area contributed by atoms with Gasteiger partial charge in [-0.3, -0.25) is 14.1 Å². The summed E-state index contributed by atoms with van der Waals surface area (Å²) in [6, 6.07) is 11.1. The Hall–Kier alpha value is -2.06. The Morgan fingerprint density at radius 2 is 1.78 bits per heavy atom. The van der Waals surface area contributed by atoms with E-state index < -0.39 is 26.0 Å². The lowest BCUT2D eigenvalue weighted by molar-refractivity contribution is -0.117. The first-order valence-corrected chi connectivity index (χ1v) is 18.5. The standard InChI is InChI=1S/C27H28Cl2N2O6S4/c1-3-17(12-25-20(6-4-5-11-41(35,36)37)21-14-18(28)7-9-23(21)38-25)13-27-31(16-26(32)30-40(2,33)34)22-15-19(29)8-10-24(22)39-27/h7-10,12-15H,3-6,11,16H2,1-2H3,(H,30,32)(H,35,36,37)/b17-12+,27-13-. The number of hydrogen-bond donors (Lipinski definition) is 2. The van der Waals surface area contributed by atoms with Crippen LogP contribution in [0, 0.1) is 0 Å². The summed E-state index contributed by atoms with van der Waals surface area (Å²) < 4.78 is 57.8. The van der Waals surface area contributed by atoms with Crippen LogP contribution in [-0.2, 0) is 31.4 Å². The molecule has 0 saturated carbocycles. The molecule has 41 heavy (non-hydrogen) atoms. The van der Waals surface area contributed by atoms with E-state index >= 15 is 0 Å². The molecule has 1 aliphatic heterocycles. The van der Waals surface area contributed by atoms with Crippen molar-refractivity contribution in [3.8, 4) is 0 Å². The molecule has 0 aliphatic carbocycles. The molecule has 0 radical (unpaired) electrons. The SMILES string of the molecule is CCC(/C=C1\Sc2ccc(Cl)cc2N1CC(=O)NS(C)(=O)=O)=C\c1sc2ccc(Cl)cc2c1CCCCS(=O)(=O)O. The zero-order valence-corrected chi connectivity index (χ0v) is 27.0. The second-order valence-electron chi connectivity index (χ2n) is 9.48. The van der Waals surface area contributed by atoms with Crippen molar-refractivity contribution in [2.24, 2.45) is 0 Å². The molecule has 4 rings (SSSR count). The van der Waals surface area contributed by atoms with Gasteiger partial charge in [-0.1, -0.05) is 41.9 Å². The summed E-state index contributed by atoms with van der Waals surface area (Å²) in [6.45, 7) is 1.81. The maximum absolute atomic E-state index is 12.6. The number of benzene rings is 2. The number of unbranched alkanes of at least 4 members (excludes halogenated alkanes) is 1. The predicted octanol–water partition coefficient (Wildman–Crippen LogP) is 6.74. The molecule has 0 saturated heterocycles. The highest BCUT2D eigenvalue weighted by molar-refractivity contribution is 8.03. The molecular weight excluding hydrogens is 647 g/mol. The Morgan fingerprint density at radius 3 is 2.46 bits per heavy atom. The van der Waals surface area contributed by atoms with Crippen LogP contribution in [0.25, 0.3) is 16.2 Å². The van der Waals surface area contributed by atoms with Gasteiger partial charge in [0.25, 0.3) is 16.0 Å². The minimum Gasteiger partial charge on any atom is -0.325 e. The molecule has 1 amide bonds. The molecule has 8 nitrogen and oxygen atoms in total. The van der Waals surface area contributed by atoms with Crippen molar-refractivity contribution < 1.29 is 26.2 Å². The number of halogens is 2. The Morgan fingerprint density at radius 1 is 1.07 bits per heavy atom. The summed E-state index contributed by atoms with van der Waals surface area (Å²) in [6.07, 6.45) is 7.15. The lowest BCUT2D eigenvalue weighted by atomic mass is 10.0. The third kappa shape index (κ3) is 8.73. The largest absolute Gasteiger partial charge is 0.325 e. The van der Waals surface area contributed by atoms with Crippen molar-refractivity contribution in [2.45, 2.75) is 37.5 Å². The number of nitrogens with one attached hydrogen (secondary N) is 1. The van der Waals surface area contributed by atoms with Crippen LogP contribution in [0.1, 0.15) is 36.6 Å². The van der Waals surface area contributed by atoms with Crippen LogP contribution in [-0.4, -0.2) is 45.8 Å². The van der Waals surface area contributed by atoms with Crippen LogP contribution in [0.3, 0.4) is 0 Å². The number of amides is 1. The van der Waals surface area contributed by atoms with E-state index in [-0.39, 0.29) is 12.3 Å². The fourth-order valence-corrected chi connectivity index (χ4v) is 8.12. The number of allylic oxidation sites excluding steroid dienone is 2. The highest BCUT2D eigenvalue weighted by Gasteiger charge is 2.28. The Kier molecular flexibility index (Phi) is 10.2. The van der Waals surface area contributed by atoms with E-state index in [1.54, 1.807) is 28.4 Å². The summed E-state index contributed by atoms with van der Waals surface area (Å²) in [5.41, 5.74) is 2.73. The van der Waals surface area contributed by atoms with Gasteiger partial charge < -0.3 is 4.90 Å². The van der Waals surface area contributed by atoms with Gasteiger partial charge >= 0.3 is 0 Å². The third-order valence-electron chi connectivity index (χ3n) is 6.19. The quantitative estimate of drug-likeness (QED) is 0.169. The van der Waals surface area contributed by atoms with Crippen molar-refractivity contribution in [1.82, 2.24) is 4.72 Å². The molecule has 220 valence electrons. The van der Waals surface area contributed by atoms with Crippen molar-refractivity contribution in [3.63, 3.8) is 0 Å². The van der Waals surface area contributed by atoms with Gasteiger partial charge in [-0.05, 0) is 90.8 Å². The van der Waals surface area contributed by atoms with Crippen molar-refractivity contribution >= 4 is 94.2 Å². The molecule has 0 fully saturated rings. The van der Waals surface area contributed by atoms with Gasteiger partial charge in [-0.15, -0.1) is 11.3 Å². The summed E-state index contributed by atoms with van der Waals surface area (Å²) in [4.78, 5) is 16.2. The Labute approximate surface area is 258 Å². The van der Waals surface area contributed by atoms with Crippen LogP contribution < -0.4 is 9.62 Å². The molecule has 1 aliphatic rings. The molecule has 0 unspecified atom stereocenters. The first-order chi connectivity index (χ1) is 19.2. The second kappa shape index (κ2) is 13.1.